The molecule has 0 spiro atoms. The zero-order chi connectivity index (χ0) is 12.7. The van der Waals surface area contributed by atoms with E-state index in [-0.39, 0.29) is 5.78 Å². The lowest BCUT2D eigenvalue weighted by atomic mass is 10.3. The minimum Gasteiger partial charge on any atom is -0.380 e. The molecule has 0 unspecified atom stereocenters. The third-order valence-electron chi connectivity index (χ3n) is 2.52. The number of thiophene rings is 1. The van der Waals surface area contributed by atoms with E-state index in [1.54, 1.807) is 11.3 Å². The molecular formula is C13H21NO2S. The van der Waals surface area contributed by atoms with Gasteiger partial charge in [-0.25, -0.2) is 0 Å². The van der Waals surface area contributed by atoms with Gasteiger partial charge in [0.1, 0.15) is 0 Å². The summed E-state index contributed by atoms with van der Waals surface area (Å²) in [6.07, 6.45) is 0.998. The van der Waals surface area contributed by atoms with Gasteiger partial charge in [0.2, 0.25) is 0 Å². The summed E-state index contributed by atoms with van der Waals surface area (Å²) in [5.74, 6) is 0.202. The number of hydrogen-bond donors (Lipinski definition) is 0. The maximum absolute atomic E-state index is 11.9. The van der Waals surface area contributed by atoms with Crippen molar-refractivity contribution in [2.24, 2.45) is 0 Å². The van der Waals surface area contributed by atoms with Crippen LogP contribution in [0.3, 0.4) is 0 Å². The first-order valence-electron chi connectivity index (χ1n) is 6.05. The van der Waals surface area contributed by atoms with Gasteiger partial charge in [0.15, 0.2) is 5.78 Å². The predicted octanol–water partition coefficient (Wildman–Crippen LogP) is 2.46. The predicted molar refractivity (Wildman–Crippen MR) is 72.0 cm³/mol. The topological polar surface area (TPSA) is 29.5 Å². The number of nitrogens with zero attached hydrogens (tertiary/aromatic N) is 1. The third kappa shape index (κ3) is 4.98. The molecule has 0 N–H and O–H groups in total. The molecule has 0 aromatic carbocycles. The summed E-state index contributed by atoms with van der Waals surface area (Å²) in [4.78, 5) is 16.1. The smallest absolute Gasteiger partial charge is 0.186 e. The van der Waals surface area contributed by atoms with Crippen LogP contribution in [-0.4, -0.2) is 44.0 Å². The molecule has 0 aliphatic rings. The average Bonchev–Trinajstić information content (AvgIpc) is 2.78. The Morgan fingerprint density at radius 2 is 2.18 bits per heavy atom. The zero-order valence-electron chi connectivity index (χ0n) is 10.9. The monoisotopic (exact) mass is 255 g/mol. The molecule has 0 saturated heterocycles. The second kappa shape index (κ2) is 7.58. The molecule has 1 aromatic rings. The highest BCUT2D eigenvalue weighted by molar-refractivity contribution is 7.14. The summed E-state index contributed by atoms with van der Waals surface area (Å²) in [7, 11) is 1.95. The molecule has 1 aromatic heterocycles. The summed E-state index contributed by atoms with van der Waals surface area (Å²) < 4.78 is 5.26. The van der Waals surface area contributed by atoms with Crippen LogP contribution < -0.4 is 0 Å². The lowest BCUT2D eigenvalue weighted by Crippen LogP contribution is -2.29. The summed E-state index contributed by atoms with van der Waals surface area (Å²) >= 11 is 1.60. The van der Waals surface area contributed by atoms with E-state index < -0.39 is 0 Å². The number of Topliss-reactive ketones (excluding diaryl/α,β-unsaturated/α-hetero) is 1. The Labute approximate surface area is 107 Å². The highest BCUT2D eigenvalue weighted by atomic mass is 32.1. The van der Waals surface area contributed by atoms with Crippen molar-refractivity contribution in [1.29, 1.82) is 0 Å². The van der Waals surface area contributed by atoms with Gasteiger partial charge in [0.25, 0.3) is 0 Å². The number of carbonyl (C=O) groups is 1. The van der Waals surface area contributed by atoms with Gasteiger partial charge >= 0.3 is 0 Å². The summed E-state index contributed by atoms with van der Waals surface area (Å²) in [5.41, 5.74) is 0. The van der Waals surface area contributed by atoms with E-state index >= 15 is 0 Å². The highest BCUT2D eigenvalue weighted by Crippen LogP contribution is 2.17. The number of carbonyl (C=O) groups excluding carboxylic acids is 1. The van der Waals surface area contributed by atoms with Crippen LogP contribution in [0.5, 0.6) is 0 Å². The van der Waals surface area contributed by atoms with Crippen molar-refractivity contribution in [2.45, 2.75) is 20.3 Å². The summed E-state index contributed by atoms with van der Waals surface area (Å²) in [6, 6.07) is 3.97. The van der Waals surface area contributed by atoms with Crippen LogP contribution in [0.15, 0.2) is 12.1 Å². The van der Waals surface area contributed by atoms with Crippen LogP contribution in [0.1, 0.15) is 28.4 Å². The highest BCUT2D eigenvalue weighted by Gasteiger charge is 2.11. The van der Waals surface area contributed by atoms with Crippen LogP contribution in [0.25, 0.3) is 0 Å². The van der Waals surface area contributed by atoms with Crippen molar-refractivity contribution in [3.63, 3.8) is 0 Å². The molecule has 96 valence electrons. The first-order valence-corrected chi connectivity index (χ1v) is 6.87. The summed E-state index contributed by atoms with van der Waals surface area (Å²) in [5, 5.41) is 0. The fraction of sp³-hybridized carbons (Fsp3) is 0.615. The van der Waals surface area contributed by atoms with Gasteiger partial charge in [0.05, 0.1) is 18.0 Å². The quantitative estimate of drug-likeness (QED) is 0.528. The van der Waals surface area contributed by atoms with E-state index in [2.05, 4.69) is 6.92 Å². The van der Waals surface area contributed by atoms with Crippen molar-refractivity contribution < 1.29 is 9.53 Å². The van der Waals surface area contributed by atoms with Gasteiger partial charge in [-0.1, -0.05) is 6.92 Å². The van der Waals surface area contributed by atoms with E-state index in [4.69, 9.17) is 4.74 Å². The number of ether oxygens (including phenoxy) is 1. The molecule has 0 aliphatic carbocycles. The second-order valence-corrected chi connectivity index (χ2v) is 5.15. The first kappa shape index (κ1) is 14.4. The van der Waals surface area contributed by atoms with E-state index in [1.165, 1.54) is 4.88 Å². The standard InChI is InChI=1S/C13H21NO2S/c1-4-11-6-7-13(17-11)12(15)10-14(3)8-9-16-5-2/h6-7H,4-5,8-10H2,1-3H3. The molecule has 3 nitrogen and oxygen atoms in total. The first-order chi connectivity index (χ1) is 8.17. The van der Waals surface area contributed by atoms with Crippen molar-refractivity contribution in [2.75, 3.05) is 33.4 Å². The molecule has 17 heavy (non-hydrogen) atoms. The Hall–Kier alpha value is -0.710. The van der Waals surface area contributed by atoms with E-state index in [9.17, 15) is 4.79 Å². The lowest BCUT2D eigenvalue weighted by Gasteiger charge is -2.14. The maximum Gasteiger partial charge on any atom is 0.186 e. The largest absolute Gasteiger partial charge is 0.380 e. The second-order valence-electron chi connectivity index (χ2n) is 3.98. The number of rotatable bonds is 8. The lowest BCUT2D eigenvalue weighted by molar-refractivity contribution is 0.0900. The fourth-order valence-electron chi connectivity index (χ4n) is 1.48. The van der Waals surface area contributed by atoms with Gasteiger partial charge in [-0.05, 0) is 32.5 Å². The fourth-order valence-corrected chi connectivity index (χ4v) is 2.36. The van der Waals surface area contributed by atoms with Crippen molar-refractivity contribution in [1.82, 2.24) is 4.90 Å². The normalized spacial score (nSPS) is 11.1. The van der Waals surface area contributed by atoms with Gasteiger partial charge in [-0.15, -0.1) is 11.3 Å². The molecule has 0 fully saturated rings. The molecule has 0 radical (unpaired) electrons. The Morgan fingerprint density at radius 3 is 2.76 bits per heavy atom. The Kier molecular flexibility index (Phi) is 6.40. The van der Waals surface area contributed by atoms with E-state index in [0.717, 1.165) is 24.4 Å². The number of aryl methyl sites for hydroxylation is 1. The van der Waals surface area contributed by atoms with Crippen LogP contribution >= 0.6 is 11.3 Å². The number of ketones is 1. The number of hydrogen-bond acceptors (Lipinski definition) is 4. The minimum atomic E-state index is 0.202. The minimum absolute atomic E-state index is 0.202. The Balaban J connectivity index is 2.37. The zero-order valence-corrected chi connectivity index (χ0v) is 11.7. The molecule has 0 bridgehead atoms. The van der Waals surface area contributed by atoms with Gasteiger partial charge in [0, 0.05) is 18.0 Å². The molecule has 0 aliphatic heterocycles. The van der Waals surface area contributed by atoms with Crippen molar-refractivity contribution in [3.05, 3.63) is 21.9 Å². The molecule has 0 saturated carbocycles. The van der Waals surface area contributed by atoms with Crippen LogP contribution in [0.2, 0.25) is 0 Å². The Bertz CT molecular complexity index is 349. The SMILES string of the molecule is CCOCCN(C)CC(=O)c1ccc(CC)s1. The third-order valence-corrected chi connectivity index (χ3v) is 3.79. The van der Waals surface area contributed by atoms with E-state index in [0.29, 0.717) is 13.2 Å². The van der Waals surface area contributed by atoms with Gasteiger partial charge < -0.3 is 4.74 Å². The Morgan fingerprint density at radius 1 is 1.41 bits per heavy atom. The number of likely N-dealkylation sites (N-methyl/N-ethyl adjacent to an activating group) is 1. The molecule has 4 heteroatoms. The van der Waals surface area contributed by atoms with Gasteiger partial charge in [-0.2, -0.15) is 0 Å². The van der Waals surface area contributed by atoms with Crippen LogP contribution in [0.4, 0.5) is 0 Å². The molecule has 0 atom stereocenters. The van der Waals surface area contributed by atoms with E-state index in [1.807, 2.05) is 31.0 Å². The molecule has 0 amide bonds. The van der Waals surface area contributed by atoms with Crippen molar-refractivity contribution >= 4 is 17.1 Å². The van der Waals surface area contributed by atoms with Crippen LogP contribution in [-0.2, 0) is 11.2 Å². The molecule has 1 rings (SSSR count). The average molecular weight is 255 g/mol. The van der Waals surface area contributed by atoms with Gasteiger partial charge in [-0.3, -0.25) is 9.69 Å². The van der Waals surface area contributed by atoms with Crippen molar-refractivity contribution in [3.8, 4) is 0 Å². The summed E-state index contributed by atoms with van der Waals surface area (Å²) in [6.45, 7) is 6.76. The maximum atomic E-state index is 11.9. The molecule has 1 heterocycles. The van der Waals surface area contributed by atoms with Crippen LogP contribution in [0, 0.1) is 0 Å². The molecular weight excluding hydrogens is 234 g/mol.